The lowest BCUT2D eigenvalue weighted by molar-refractivity contribution is 1.07. The van der Waals surface area contributed by atoms with Gasteiger partial charge in [0.15, 0.2) is 17.5 Å². The first-order chi connectivity index (χ1) is 34.7. The molecule has 12 aromatic rings. The Balaban J connectivity index is 0.901. The van der Waals surface area contributed by atoms with Gasteiger partial charge in [-0.25, -0.2) is 15.0 Å². The van der Waals surface area contributed by atoms with Crippen molar-refractivity contribution in [3.8, 4) is 118 Å². The van der Waals surface area contributed by atoms with E-state index in [4.69, 9.17) is 15.0 Å². The van der Waals surface area contributed by atoms with Crippen molar-refractivity contribution < 1.29 is 0 Å². The van der Waals surface area contributed by atoms with E-state index in [9.17, 15) is 5.26 Å². The van der Waals surface area contributed by atoms with Crippen LogP contribution in [0.2, 0.25) is 0 Å². The molecule has 1 heterocycles. The summed E-state index contributed by atoms with van der Waals surface area (Å²) in [6, 6.07) is 87.4. The highest BCUT2D eigenvalue weighted by atomic mass is 15.0. The Hall–Kier alpha value is -9.56. The Morgan fingerprint density at radius 1 is 0.271 bits per heavy atom. The van der Waals surface area contributed by atoms with Crippen LogP contribution in [0.3, 0.4) is 0 Å². The van der Waals surface area contributed by atoms with Crippen LogP contribution in [0.5, 0.6) is 0 Å². The fourth-order valence-corrected chi connectivity index (χ4v) is 10.6. The van der Waals surface area contributed by atoms with E-state index in [0.29, 0.717) is 23.0 Å². The molecule has 4 nitrogen and oxygen atoms in total. The maximum Gasteiger partial charge on any atom is 0.164 e. The summed E-state index contributed by atoms with van der Waals surface area (Å²) in [4.78, 5) is 15.5. The van der Waals surface area contributed by atoms with E-state index < -0.39 is 0 Å². The van der Waals surface area contributed by atoms with Crippen LogP contribution in [0.4, 0.5) is 0 Å². The van der Waals surface area contributed by atoms with Crippen LogP contribution in [0.25, 0.3) is 134 Å². The van der Waals surface area contributed by atoms with Crippen LogP contribution in [0, 0.1) is 11.3 Å². The first-order valence-electron chi connectivity index (χ1n) is 23.6. The second kappa shape index (κ2) is 16.9. The fourth-order valence-electron chi connectivity index (χ4n) is 10.6. The van der Waals surface area contributed by atoms with E-state index in [1.165, 1.54) is 43.8 Å². The Bertz CT molecular complexity index is 4040. The van der Waals surface area contributed by atoms with Gasteiger partial charge in [0.2, 0.25) is 0 Å². The second-order valence-corrected chi connectivity index (χ2v) is 17.7. The predicted octanol–water partition coefficient (Wildman–Crippen LogP) is 17.0. The van der Waals surface area contributed by atoms with Gasteiger partial charge in [0.05, 0.1) is 11.6 Å². The third-order valence-corrected chi connectivity index (χ3v) is 13.8. The van der Waals surface area contributed by atoms with Crippen molar-refractivity contribution in [2.24, 2.45) is 0 Å². The number of hydrogen-bond acceptors (Lipinski definition) is 4. The van der Waals surface area contributed by atoms with Crippen molar-refractivity contribution in [2.75, 3.05) is 0 Å². The van der Waals surface area contributed by atoms with Gasteiger partial charge in [0.1, 0.15) is 0 Å². The van der Waals surface area contributed by atoms with Crippen molar-refractivity contribution in [3.05, 3.63) is 248 Å². The Morgan fingerprint density at radius 3 is 1.51 bits per heavy atom. The molecular weight excluding hydrogens is 849 g/mol. The molecule has 0 spiro atoms. The summed E-state index contributed by atoms with van der Waals surface area (Å²) in [7, 11) is 0. The average Bonchev–Trinajstić information content (AvgIpc) is 3.77. The first kappa shape index (κ1) is 40.7. The molecule has 0 N–H and O–H groups in total. The van der Waals surface area contributed by atoms with Crippen molar-refractivity contribution in [2.45, 2.75) is 0 Å². The summed E-state index contributed by atoms with van der Waals surface area (Å²) in [6.07, 6.45) is 0. The SMILES string of the molecule is N#Cc1cccc(-c2ccc(-c3ccccc3-c3nc(-c4ccccc4)nc(-c4cccc(-c5cccc6ccccc56)c4)n3)cc2)c1-c1ccccc1-c1ccc2c3c(cccc13)-c1ccccc1-2. The molecule has 0 saturated carbocycles. The summed E-state index contributed by atoms with van der Waals surface area (Å²) in [6.45, 7) is 0. The zero-order chi connectivity index (χ0) is 46.5. The van der Waals surface area contributed by atoms with Gasteiger partial charge in [0.25, 0.3) is 0 Å². The van der Waals surface area contributed by atoms with Gasteiger partial charge < -0.3 is 0 Å². The van der Waals surface area contributed by atoms with E-state index in [2.05, 4.69) is 200 Å². The predicted molar refractivity (Wildman–Crippen MR) is 287 cm³/mol. The van der Waals surface area contributed by atoms with E-state index in [-0.39, 0.29) is 0 Å². The van der Waals surface area contributed by atoms with Crippen molar-refractivity contribution in [1.29, 1.82) is 5.26 Å². The summed E-state index contributed by atoms with van der Waals surface area (Å²) < 4.78 is 0. The number of nitriles is 1. The molecule has 1 aromatic heterocycles. The topological polar surface area (TPSA) is 62.5 Å². The minimum Gasteiger partial charge on any atom is -0.208 e. The molecule has 1 aliphatic rings. The molecule has 11 aromatic carbocycles. The third kappa shape index (κ3) is 6.88. The van der Waals surface area contributed by atoms with Crippen molar-refractivity contribution in [3.63, 3.8) is 0 Å². The molecule has 0 radical (unpaired) electrons. The van der Waals surface area contributed by atoms with Crippen molar-refractivity contribution in [1.82, 2.24) is 15.0 Å². The highest BCUT2D eigenvalue weighted by Crippen LogP contribution is 2.51. The Kier molecular flexibility index (Phi) is 9.85. The zero-order valence-electron chi connectivity index (χ0n) is 37.9. The first-order valence-corrected chi connectivity index (χ1v) is 23.6. The van der Waals surface area contributed by atoms with Crippen LogP contribution >= 0.6 is 0 Å². The van der Waals surface area contributed by atoms with Gasteiger partial charge in [-0.05, 0) is 106 Å². The van der Waals surface area contributed by atoms with E-state index >= 15 is 0 Å². The molecule has 0 saturated heterocycles. The van der Waals surface area contributed by atoms with Crippen LogP contribution in [0.15, 0.2) is 243 Å². The molecular formula is C66H40N4. The normalized spacial score (nSPS) is 11.4. The number of rotatable bonds is 8. The molecule has 4 heteroatoms. The monoisotopic (exact) mass is 888 g/mol. The highest BCUT2D eigenvalue weighted by Gasteiger charge is 2.24. The number of nitrogens with zero attached hydrogens (tertiary/aromatic N) is 4. The molecule has 0 fully saturated rings. The lowest BCUT2D eigenvalue weighted by atomic mass is 9.85. The van der Waals surface area contributed by atoms with Gasteiger partial charge >= 0.3 is 0 Å². The third-order valence-electron chi connectivity index (χ3n) is 13.8. The smallest absolute Gasteiger partial charge is 0.164 e. The zero-order valence-corrected chi connectivity index (χ0v) is 37.9. The maximum atomic E-state index is 10.7. The molecule has 70 heavy (non-hydrogen) atoms. The lowest BCUT2D eigenvalue weighted by Gasteiger charge is -2.18. The van der Waals surface area contributed by atoms with Gasteiger partial charge in [-0.1, -0.05) is 231 Å². The van der Waals surface area contributed by atoms with Crippen LogP contribution < -0.4 is 0 Å². The van der Waals surface area contributed by atoms with Gasteiger partial charge in [-0.3, -0.25) is 0 Å². The van der Waals surface area contributed by atoms with Gasteiger partial charge in [-0.15, -0.1) is 0 Å². The maximum absolute atomic E-state index is 10.7. The highest BCUT2D eigenvalue weighted by molar-refractivity contribution is 6.19. The molecule has 0 aliphatic heterocycles. The largest absolute Gasteiger partial charge is 0.208 e. The number of aromatic nitrogens is 3. The quantitative estimate of drug-likeness (QED) is 0.152. The molecule has 324 valence electrons. The molecule has 0 amide bonds. The number of fused-ring (bicyclic) bond motifs is 4. The van der Waals surface area contributed by atoms with E-state index in [0.717, 1.165) is 72.3 Å². The number of hydrogen-bond donors (Lipinski definition) is 0. The summed E-state index contributed by atoms with van der Waals surface area (Å²) >= 11 is 0. The van der Waals surface area contributed by atoms with Gasteiger partial charge in [0, 0.05) is 22.3 Å². The van der Waals surface area contributed by atoms with E-state index in [1.807, 2.05) is 48.5 Å². The standard InChI is InChI=1S/C66H40N4/c67-41-48-22-14-31-52(62(48)57-28-10-9-27-55(57)56-38-39-60-54-26-8-7-25-53(54)58-32-15-33-59(56)63(58)60)44-36-34-43(35-37-44)50-24-6-11-29-61(50)66-69-64(45-17-2-1-3-18-45)68-65(70-66)47-21-12-20-46(40-47)51-30-13-19-42-16-4-5-23-49(42)51/h1-40H. The van der Waals surface area contributed by atoms with Crippen LogP contribution in [0.1, 0.15) is 5.56 Å². The lowest BCUT2D eigenvalue weighted by Crippen LogP contribution is -2.01. The second-order valence-electron chi connectivity index (χ2n) is 17.7. The molecule has 0 unspecified atom stereocenters. The number of benzene rings is 11. The van der Waals surface area contributed by atoms with E-state index in [1.54, 1.807) is 0 Å². The molecule has 13 rings (SSSR count). The van der Waals surface area contributed by atoms with Crippen LogP contribution in [-0.4, -0.2) is 15.0 Å². The Morgan fingerprint density at radius 2 is 0.743 bits per heavy atom. The molecule has 1 aliphatic carbocycles. The van der Waals surface area contributed by atoms with Crippen molar-refractivity contribution >= 4 is 21.5 Å². The fraction of sp³-hybridized carbons (Fsp3) is 0. The summed E-state index contributed by atoms with van der Waals surface area (Å²) in [5.74, 6) is 1.80. The van der Waals surface area contributed by atoms with Gasteiger partial charge in [-0.2, -0.15) is 5.26 Å². The summed E-state index contributed by atoms with van der Waals surface area (Å²) in [5, 5.41) is 15.6. The minimum absolute atomic E-state index is 0.589. The molecule has 0 bridgehead atoms. The average molecular weight is 889 g/mol. The Labute approximate surface area is 406 Å². The van der Waals surface area contributed by atoms with Crippen LogP contribution in [-0.2, 0) is 0 Å². The summed E-state index contributed by atoms with van der Waals surface area (Å²) in [5.41, 5.74) is 18.8. The minimum atomic E-state index is 0.589. The molecule has 0 atom stereocenters.